The predicted molar refractivity (Wildman–Crippen MR) is 115 cm³/mol. The number of likely N-dealkylation sites (N-methyl/N-ethyl adjacent to an activating group) is 1. The highest BCUT2D eigenvalue weighted by Gasteiger charge is 2.33. The number of amides is 2. The molecule has 0 aliphatic heterocycles. The normalized spacial score (nSPS) is 11.3. The molecule has 3 aromatic rings. The largest absolute Gasteiger partial charge is 0.508 e. The molecule has 0 unspecified atom stereocenters. The van der Waals surface area contributed by atoms with E-state index in [9.17, 15) is 32.7 Å². The molecule has 0 saturated carbocycles. The summed E-state index contributed by atoms with van der Waals surface area (Å²) in [4.78, 5) is 37.3. The molecular formula is C22H18ClF3N2O6. The fourth-order valence-corrected chi connectivity index (χ4v) is 3.22. The van der Waals surface area contributed by atoms with Crippen LogP contribution in [0.5, 0.6) is 5.75 Å². The molecule has 180 valence electrons. The van der Waals surface area contributed by atoms with Crippen LogP contribution in [-0.2, 0) is 31.7 Å². The first kappa shape index (κ1) is 24.9. The molecule has 2 amide bonds. The molecule has 0 saturated heterocycles. The number of carbonyl (C=O) groups is 3. The van der Waals surface area contributed by atoms with Gasteiger partial charge in [0.1, 0.15) is 11.3 Å². The maximum Gasteiger partial charge on any atom is 0.417 e. The minimum absolute atomic E-state index is 0.00509. The van der Waals surface area contributed by atoms with Gasteiger partial charge in [0, 0.05) is 29.8 Å². The zero-order valence-corrected chi connectivity index (χ0v) is 18.4. The number of phenols is 1. The number of fused-ring (bicyclic) bond motifs is 1. The molecule has 0 spiro atoms. The molecule has 8 nitrogen and oxygen atoms in total. The van der Waals surface area contributed by atoms with Crippen molar-refractivity contribution in [2.45, 2.75) is 12.6 Å². The molecule has 0 atom stereocenters. The molecule has 34 heavy (non-hydrogen) atoms. The number of phenolic OH excluding ortho intramolecular Hbond substituents is 1. The Morgan fingerprint density at radius 2 is 1.91 bits per heavy atom. The number of halogens is 4. The standard InChI is InChI=1S/C22H18ClF3N2O6/c1-28(9-19(30)27-13-2-5-17(23)16(7-13)22(24,25)26)20(31)11-34-21(32)6-12-10-33-18-8-14(29)3-4-15(12)18/h2-5,7-8,10,29H,6,9,11H2,1H3,(H,27,30). The molecule has 12 heteroatoms. The molecule has 3 rings (SSSR count). The summed E-state index contributed by atoms with van der Waals surface area (Å²) in [6.07, 6.45) is -3.54. The van der Waals surface area contributed by atoms with E-state index in [1.807, 2.05) is 0 Å². The van der Waals surface area contributed by atoms with Gasteiger partial charge in [-0.3, -0.25) is 14.4 Å². The molecule has 0 bridgehead atoms. The number of aromatic hydroxyl groups is 1. The smallest absolute Gasteiger partial charge is 0.417 e. The molecule has 0 aliphatic rings. The van der Waals surface area contributed by atoms with Crippen LogP contribution < -0.4 is 5.32 Å². The van der Waals surface area contributed by atoms with Gasteiger partial charge in [0.15, 0.2) is 6.61 Å². The second kappa shape index (κ2) is 10.0. The van der Waals surface area contributed by atoms with Gasteiger partial charge in [0.25, 0.3) is 5.91 Å². The molecule has 2 N–H and O–H groups in total. The van der Waals surface area contributed by atoms with E-state index >= 15 is 0 Å². The van der Waals surface area contributed by atoms with Crippen molar-refractivity contribution in [1.82, 2.24) is 4.90 Å². The lowest BCUT2D eigenvalue weighted by Gasteiger charge is -2.17. The number of hydrogen-bond acceptors (Lipinski definition) is 6. The average molecular weight is 499 g/mol. The van der Waals surface area contributed by atoms with Gasteiger partial charge >= 0.3 is 12.1 Å². The van der Waals surface area contributed by atoms with Crippen molar-refractivity contribution in [3.05, 3.63) is 58.8 Å². The topological polar surface area (TPSA) is 109 Å². The number of alkyl halides is 3. The number of rotatable bonds is 7. The molecule has 1 heterocycles. The number of nitrogens with one attached hydrogen (secondary N) is 1. The molecular weight excluding hydrogens is 481 g/mol. The van der Waals surface area contributed by atoms with Crippen LogP contribution >= 0.6 is 11.6 Å². The Hall–Kier alpha value is -3.73. The van der Waals surface area contributed by atoms with Crippen LogP contribution in [-0.4, -0.2) is 48.0 Å². The van der Waals surface area contributed by atoms with Crippen molar-refractivity contribution in [3.63, 3.8) is 0 Å². The maximum absolute atomic E-state index is 12.9. The highest BCUT2D eigenvalue weighted by Crippen LogP contribution is 2.36. The van der Waals surface area contributed by atoms with Gasteiger partial charge in [-0.1, -0.05) is 11.6 Å². The summed E-state index contributed by atoms with van der Waals surface area (Å²) in [6, 6.07) is 7.28. The van der Waals surface area contributed by atoms with Gasteiger partial charge in [-0.05, 0) is 30.3 Å². The van der Waals surface area contributed by atoms with Crippen LogP contribution in [0.2, 0.25) is 5.02 Å². The lowest BCUT2D eigenvalue weighted by molar-refractivity contribution is -0.151. The van der Waals surface area contributed by atoms with Gasteiger partial charge in [0.05, 0.1) is 29.8 Å². The van der Waals surface area contributed by atoms with Crippen molar-refractivity contribution >= 4 is 46.0 Å². The first-order valence-corrected chi connectivity index (χ1v) is 10.1. The van der Waals surface area contributed by atoms with Crippen LogP contribution in [0.1, 0.15) is 11.1 Å². The van der Waals surface area contributed by atoms with Gasteiger partial charge in [0.2, 0.25) is 5.91 Å². The summed E-state index contributed by atoms with van der Waals surface area (Å²) in [7, 11) is 1.27. The van der Waals surface area contributed by atoms with E-state index in [-0.39, 0.29) is 17.9 Å². The number of ether oxygens (including phenoxy) is 1. The number of hydrogen-bond donors (Lipinski definition) is 2. The Morgan fingerprint density at radius 3 is 2.62 bits per heavy atom. The monoisotopic (exact) mass is 498 g/mol. The molecule has 1 aromatic heterocycles. The lowest BCUT2D eigenvalue weighted by Crippen LogP contribution is -2.37. The molecule has 0 fully saturated rings. The van der Waals surface area contributed by atoms with E-state index in [2.05, 4.69) is 5.32 Å². The van der Waals surface area contributed by atoms with Crippen LogP contribution in [0.15, 0.2) is 47.1 Å². The van der Waals surface area contributed by atoms with Gasteiger partial charge in [-0.15, -0.1) is 0 Å². The zero-order chi connectivity index (χ0) is 25.0. The second-order valence-electron chi connectivity index (χ2n) is 7.27. The third-order valence-electron chi connectivity index (χ3n) is 4.69. The Bertz CT molecular complexity index is 1240. The minimum Gasteiger partial charge on any atom is -0.508 e. The summed E-state index contributed by atoms with van der Waals surface area (Å²) >= 11 is 5.54. The summed E-state index contributed by atoms with van der Waals surface area (Å²) in [6.45, 7) is -1.13. The van der Waals surface area contributed by atoms with E-state index in [1.165, 1.54) is 31.5 Å². The van der Waals surface area contributed by atoms with E-state index in [0.29, 0.717) is 22.6 Å². The van der Waals surface area contributed by atoms with Gasteiger partial charge in [-0.2, -0.15) is 13.2 Å². The summed E-state index contributed by atoms with van der Waals surface area (Å²) in [5, 5.41) is 11.8. The Morgan fingerprint density at radius 1 is 1.18 bits per heavy atom. The number of esters is 1. The van der Waals surface area contributed by atoms with Crippen LogP contribution in [0, 0.1) is 0 Å². The number of nitrogens with zero attached hydrogens (tertiary/aromatic N) is 1. The average Bonchev–Trinajstić information content (AvgIpc) is 3.13. The number of furan rings is 1. The third kappa shape index (κ3) is 6.19. The Balaban J connectivity index is 1.49. The van der Waals surface area contributed by atoms with Crippen LogP contribution in [0.3, 0.4) is 0 Å². The minimum atomic E-state index is -4.70. The summed E-state index contributed by atoms with van der Waals surface area (Å²) in [5.41, 5.74) is -0.366. The quantitative estimate of drug-likeness (QED) is 0.477. The van der Waals surface area contributed by atoms with Crippen molar-refractivity contribution in [3.8, 4) is 5.75 Å². The molecule has 2 aromatic carbocycles. The summed E-state index contributed by atoms with van der Waals surface area (Å²) in [5.74, 6) is -2.17. The highest BCUT2D eigenvalue weighted by atomic mass is 35.5. The fourth-order valence-electron chi connectivity index (χ4n) is 2.99. The van der Waals surface area contributed by atoms with Crippen molar-refractivity contribution < 1.29 is 41.8 Å². The van der Waals surface area contributed by atoms with E-state index < -0.39 is 47.7 Å². The van der Waals surface area contributed by atoms with E-state index in [0.717, 1.165) is 11.0 Å². The first-order valence-electron chi connectivity index (χ1n) is 9.69. The lowest BCUT2D eigenvalue weighted by atomic mass is 10.1. The Labute approximate surface area is 195 Å². The van der Waals surface area contributed by atoms with Crippen molar-refractivity contribution in [2.75, 3.05) is 25.5 Å². The van der Waals surface area contributed by atoms with E-state index in [1.54, 1.807) is 6.07 Å². The van der Waals surface area contributed by atoms with E-state index in [4.69, 9.17) is 20.8 Å². The maximum atomic E-state index is 12.9. The third-order valence-corrected chi connectivity index (χ3v) is 5.02. The zero-order valence-electron chi connectivity index (χ0n) is 17.6. The van der Waals surface area contributed by atoms with Gasteiger partial charge in [-0.25, -0.2) is 0 Å². The van der Waals surface area contributed by atoms with Crippen LogP contribution in [0.25, 0.3) is 11.0 Å². The van der Waals surface area contributed by atoms with Crippen LogP contribution in [0.4, 0.5) is 18.9 Å². The first-order chi connectivity index (χ1) is 15.9. The number of benzene rings is 2. The predicted octanol–water partition coefficient (Wildman–Crippen LogP) is 3.99. The molecule has 0 radical (unpaired) electrons. The van der Waals surface area contributed by atoms with Crippen molar-refractivity contribution in [1.29, 1.82) is 0 Å². The summed E-state index contributed by atoms with van der Waals surface area (Å²) < 4.78 is 49.0. The highest BCUT2D eigenvalue weighted by molar-refractivity contribution is 6.31. The van der Waals surface area contributed by atoms with Gasteiger partial charge < -0.3 is 24.5 Å². The SMILES string of the molecule is CN(CC(=O)Nc1ccc(Cl)c(C(F)(F)F)c1)C(=O)COC(=O)Cc1coc2cc(O)ccc12. The number of carbonyl (C=O) groups excluding carboxylic acids is 3. The molecule has 0 aliphatic carbocycles. The second-order valence-corrected chi connectivity index (χ2v) is 7.68. The number of anilines is 1. The van der Waals surface area contributed by atoms with Crippen molar-refractivity contribution in [2.24, 2.45) is 0 Å². The fraction of sp³-hybridized carbons (Fsp3) is 0.227. The Kier molecular flexibility index (Phi) is 7.35.